The summed E-state index contributed by atoms with van der Waals surface area (Å²) in [6.07, 6.45) is 6.12. The van der Waals surface area contributed by atoms with Crippen LogP contribution in [0.5, 0.6) is 5.75 Å². The second kappa shape index (κ2) is 6.32. The Labute approximate surface area is 126 Å². The zero-order valence-corrected chi connectivity index (χ0v) is 12.7. The van der Waals surface area contributed by atoms with E-state index in [-0.39, 0.29) is 11.9 Å². The second-order valence-corrected chi connectivity index (χ2v) is 6.30. The number of halogens is 1. The summed E-state index contributed by atoms with van der Waals surface area (Å²) in [5.74, 6) is 0.460. The van der Waals surface area contributed by atoms with E-state index in [1.807, 2.05) is 6.07 Å². The third kappa shape index (κ3) is 3.06. The molecule has 1 aromatic rings. The maximum atomic E-state index is 14.1. The van der Waals surface area contributed by atoms with Gasteiger partial charge in [-0.05, 0) is 62.4 Å². The molecule has 1 heterocycles. The van der Waals surface area contributed by atoms with Crippen LogP contribution in [-0.4, -0.2) is 31.1 Å². The van der Waals surface area contributed by atoms with Crippen molar-refractivity contribution >= 4 is 0 Å². The van der Waals surface area contributed by atoms with E-state index >= 15 is 0 Å². The molecular formula is C17H25FN2O. The molecule has 116 valence electrons. The largest absolute Gasteiger partial charge is 0.494 e. The third-order valence-corrected chi connectivity index (χ3v) is 4.88. The number of hydrogen-bond acceptors (Lipinski definition) is 3. The van der Waals surface area contributed by atoms with E-state index in [1.54, 1.807) is 12.1 Å². The van der Waals surface area contributed by atoms with E-state index < -0.39 is 0 Å². The zero-order chi connectivity index (χ0) is 14.8. The average Bonchev–Trinajstić information content (AvgIpc) is 3.32. The normalized spacial score (nSPS) is 27.4. The molecule has 3 nitrogen and oxygen atoms in total. The Balaban J connectivity index is 1.94. The first-order valence-corrected chi connectivity index (χ1v) is 8.04. The Bertz CT molecular complexity index is 490. The molecule has 3 rings (SSSR count). The molecule has 0 aromatic heterocycles. The van der Waals surface area contributed by atoms with Gasteiger partial charge in [-0.15, -0.1) is 0 Å². The number of ether oxygens (including phenoxy) is 1. The number of likely N-dealkylation sites (tertiary alicyclic amines) is 1. The van der Waals surface area contributed by atoms with Crippen LogP contribution in [-0.2, 0) is 0 Å². The molecule has 0 bridgehead atoms. The van der Waals surface area contributed by atoms with E-state index in [0.29, 0.717) is 24.3 Å². The van der Waals surface area contributed by atoms with Crippen molar-refractivity contribution in [1.29, 1.82) is 0 Å². The quantitative estimate of drug-likeness (QED) is 0.926. The molecule has 1 aliphatic carbocycles. The molecule has 1 aromatic carbocycles. The molecule has 1 saturated carbocycles. The lowest BCUT2D eigenvalue weighted by Gasteiger charge is -2.35. The lowest BCUT2D eigenvalue weighted by atomic mass is 9.89. The minimum Gasteiger partial charge on any atom is -0.494 e. The lowest BCUT2D eigenvalue weighted by Crippen LogP contribution is -2.37. The molecule has 2 atom stereocenters. The van der Waals surface area contributed by atoms with Crippen molar-refractivity contribution in [2.24, 2.45) is 11.7 Å². The monoisotopic (exact) mass is 292 g/mol. The maximum Gasteiger partial charge on any atom is 0.165 e. The second-order valence-electron chi connectivity index (χ2n) is 6.30. The maximum absolute atomic E-state index is 14.1. The molecule has 1 aliphatic heterocycles. The molecule has 4 heteroatoms. The van der Waals surface area contributed by atoms with Crippen LogP contribution in [0, 0.1) is 11.7 Å². The van der Waals surface area contributed by atoms with E-state index in [1.165, 1.54) is 32.8 Å². The summed E-state index contributed by atoms with van der Waals surface area (Å²) in [6.45, 7) is 1.78. The Morgan fingerprint density at radius 1 is 1.29 bits per heavy atom. The van der Waals surface area contributed by atoms with Crippen LogP contribution in [0.1, 0.15) is 43.7 Å². The van der Waals surface area contributed by atoms with Crippen LogP contribution < -0.4 is 10.5 Å². The number of hydrogen-bond donors (Lipinski definition) is 1. The predicted molar refractivity (Wildman–Crippen MR) is 81.8 cm³/mol. The first-order valence-electron chi connectivity index (χ1n) is 8.04. The highest BCUT2D eigenvalue weighted by Crippen LogP contribution is 2.42. The van der Waals surface area contributed by atoms with Gasteiger partial charge in [0, 0.05) is 12.1 Å². The summed E-state index contributed by atoms with van der Waals surface area (Å²) >= 11 is 0. The molecule has 1 saturated heterocycles. The van der Waals surface area contributed by atoms with E-state index in [2.05, 4.69) is 4.90 Å². The van der Waals surface area contributed by atoms with Crippen molar-refractivity contribution in [2.45, 2.75) is 44.2 Å². The summed E-state index contributed by atoms with van der Waals surface area (Å²) < 4.78 is 19.1. The van der Waals surface area contributed by atoms with Gasteiger partial charge < -0.3 is 10.5 Å². The highest BCUT2D eigenvalue weighted by atomic mass is 19.1. The lowest BCUT2D eigenvalue weighted by molar-refractivity contribution is 0.149. The van der Waals surface area contributed by atoms with Crippen molar-refractivity contribution in [3.63, 3.8) is 0 Å². The molecule has 0 amide bonds. The third-order valence-electron chi connectivity index (χ3n) is 4.88. The molecule has 2 N–H and O–H groups in total. The van der Waals surface area contributed by atoms with Gasteiger partial charge in [0.2, 0.25) is 0 Å². The number of benzene rings is 1. The molecule has 2 unspecified atom stereocenters. The van der Waals surface area contributed by atoms with E-state index in [9.17, 15) is 4.39 Å². The van der Waals surface area contributed by atoms with Gasteiger partial charge in [-0.3, -0.25) is 4.90 Å². The topological polar surface area (TPSA) is 38.5 Å². The van der Waals surface area contributed by atoms with Gasteiger partial charge in [0.15, 0.2) is 11.6 Å². The number of methoxy groups -OCH3 is 1. The summed E-state index contributed by atoms with van der Waals surface area (Å²) in [6, 6.07) is 6.33. The fraction of sp³-hybridized carbons (Fsp3) is 0.647. The fourth-order valence-electron chi connectivity index (χ4n) is 3.66. The van der Waals surface area contributed by atoms with Gasteiger partial charge in [0.25, 0.3) is 0 Å². The van der Waals surface area contributed by atoms with Crippen molar-refractivity contribution in [3.05, 3.63) is 29.6 Å². The smallest absolute Gasteiger partial charge is 0.165 e. The van der Waals surface area contributed by atoms with Crippen LogP contribution in [0.15, 0.2) is 18.2 Å². The highest BCUT2D eigenvalue weighted by molar-refractivity contribution is 5.32. The van der Waals surface area contributed by atoms with E-state index in [0.717, 1.165) is 18.5 Å². The average molecular weight is 292 g/mol. The standard InChI is InChI=1S/C17H25FN2O/c1-21-16-8-5-12(10-15(16)18)17-13(11-19)4-2-3-9-20(17)14-6-7-14/h5,8,10,13-14,17H,2-4,6-7,9,11,19H2,1H3. The van der Waals surface area contributed by atoms with Gasteiger partial charge in [-0.25, -0.2) is 4.39 Å². The first-order chi connectivity index (χ1) is 10.2. The van der Waals surface area contributed by atoms with Crippen LogP contribution in [0.3, 0.4) is 0 Å². The molecule has 0 radical (unpaired) electrons. The van der Waals surface area contributed by atoms with Gasteiger partial charge >= 0.3 is 0 Å². The van der Waals surface area contributed by atoms with E-state index in [4.69, 9.17) is 10.5 Å². The molecule has 2 aliphatic rings. The van der Waals surface area contributed by atoms with Crippen LogP contribution >= 0.6 is 0 Å². The first kappa shape index (κ1) is 14.8. The fourth-order valence-corrected chi connectivity index (χ4v) is 3.66. The van der Waals surface area contributed by atoms with Crippen molar-refractivity contribution < 1.29 is 9.13 Å². The van der Waals surface area contributed by atoms with Gasteiger partial charge in [0.1, 0.15) is 0 Å². The summed E-state index contributed by atoms with van der Waals surface area (Å²) in [5.41, 5.74) is 7.09. The minimum atomic E-state index is -0.272. The molecule has 0 spiro atoms. The Morgan fingerprint density at radius 2 is 2.10 bits per heavy atom. The molecule has 21 heavy (non-hydrogen) atoms. The van der Waals surface area contributed by atoms with Crippen molar-refractivity contribution in [3.8, 4) is 5.75 Å². The van der Waals surface area contributed by atoms with Gasteiger partial charge in [-0.1, -0.05) is 12.5 Å². The summed E-state index contributed by atoms with van der Waals surface area (Å²) in [5, 5.41) is 0. The number of nitrogens with two attached hydrogens (primary N) is 1. The molecular weight excluding hydrogens is 267 g/mol. The van der Waals surface area contributed by atoms with Gasteiger partial charge in [0.05, 0.1) is 7.11 Å². The Morgan fingerprint density at radius 3 is 2.71 bits per heavy atom. The minimum absolute atomic E-state index is 0.255. The van der Waals surface area contributed by atoms with Crippen molar-refractivity contribution in [1.82, 2.24) is 4.90 Å². The molecule has 2 fully saturated rings. The van der Waals surface area contributed by atoms with Crippen molar-refractivity contribution in [2.75, 3.05) is 20.2 Å². The highest BCUT2D eigenvalue weighted by Gasteiger charge is 2.39. The summed E-state index contributed by atoms with van der Waals surface area (Å²) in [4.78, 5) is 2.58. The zero-order valence-electron chi connectivity index (χ0n) is 12.7. The predicted octanol–water partition coefficient (Wildman–Crippen LogP) is 3.10. The van der Waals surface area contributed by atoms with Crippen LogP contribution in [0.2, 0.25) is 0 Å². The number of rotatable bonds is 4. The summed E-state index contributed by atoms with van der Waals surface area (Å²) in [7, 11) is 1.50. The van der Waals surface area contributed by atoms with Crippen LogP contribution in [0.4, 0.5) is 4.39 Å². The Kier molecular flexibility index (Phi) is 4.45. The van der Waals surface area contributed by atoms with Crippen LogP contribution in [0.25, 0.3) is 0 Å². The number of nitrogens with zero attached hydrogens (tertiary/aromatic N) is 1. The SMILES string of the molecule is COc1ccc(C2C(CN)CCCCN2C2CC2)cc1F. The Hall–Kier alpha value is -1.13. The van der Waals surface area contributed by atoms with Gasteiger partial charge in [-0.2, -0.15) is 0 Å².